The molecule has 0 aliphatic carbocycles. The van der Waals surface area contributed by atoms with Gasteiger partial charge in [0.05, 0.1) is 15.9 Å². The molecule has 0 aliphatic heterocycles. The van der Waals surface area contributed by atoms with Gasteiger partial charge in [0.2, 0.25) is 0 Å². The number of hydrogen-bond donors (Lipinski definition) is 1. The van der Waals surface area contributed by atoms with Crippen molar-refractivity contribution in [3.8, 4) is 0 Å². The smallest absolute Gasteiger partial charge is 0.305 e. The normalized spacial score (nSPS) is 10.7. The Hall–Kier alpha value is -0.920. The summed E-state index contributed by atoms with van der Waals surface area (Å²) < 4.78 is 35.4. The number of unbranched alkanes of at least 4 members (excludes halogenated alkanes) is 6. The molecule has 0 bridgehead atoms. The molecular weight excluding hydrogens is 282 g/mol. The summed E-state index contributed by atoms with van der Waals surface area (Å²) in [6.45, 7) is 3.32. The van der Waals surface area contributed by atoms with E-state index in [1.54, 1.807) is 0 Å². The van der Waals surface area contributed by atoms with Crippen LogP contribution in [0.15, 0.2) is 12.7 Å². The van der Waals surface area contributed by atoms with Crippen molar-refractivity contribution in [2.24, 2.45) is 0 Å². The SMILES string of the molecule is C=CCCCCCCCCC(=O)OCCS(=O)(=O)[O-].[NH4+]. The van der Waals surface area contributed by atoms with Gasteiger partial charge < -0.3 is 15.4 Å². The summed E-state index contributed by atoms with van der Waals surface area (Å²) in [4.78, 5) is 11.2. The largest absolute Gasteiger partial charge is 0.748 e. The van der Waals surface area contributed by atoms with Crippen LogP contribution in [0.25, 0.3) is 0 Å². The van der Waals surface area contributed by atoms with Gasteiger partial charge in [0, 0.05) is 6.42 Å². The molecule has 20 heavy (non-hydrogen) atoms. The van der Waals surface area contributed by atoms with Crippen molar-refractivity contribution in [1.82, 2.24) is 6.15 Å². The molecule has 0 radical (unpaired) electrons. The molecule has 0 fully saturated rings. The molecule has 0 heterocycles. The number of carbonyl (C=O) groups excluding carboxylic acids is 1. The molecule has 0 spiro atoms. The summed E-state index contributed by atoms with van der Waals surface area (Å²) in [6, 6.07) is 0. The van der Waals surface area contributed by atoms with E-state index in [1.165, 1.54) is 6.42 Å². The molecular formula is C13H27NO5S. The summed E-state index contributed by atoms with van der Waals surface area (Å²) in [5.41, 5.74) is 0. The van der Waals surface area contributed by atoms with Crippen molar-refractivity contribution < 1.29 is 22.5 Å². The van der Waals surface area contributed by atoms with Crippen LogP contribution in [0, 0.1) is 0 Å². The van der Waals surface area contributed by atoms with Gasteiger partial charge in [0.1, 0.15) is 6.61 Å². The number of allylic oxidation sites excluding steroid dienone is 1. The monoisotopic (exact) mass is 309 g/mol. The standard InChI is InChI=1S/C13H24O5S.H3N/c1-2-3-4-5-6-7-8-9-10-13(14)18-11-12-19(15,16)17;/h2H,1,3-12H2,(H,15,16,17);1H3. The second-order valence-corrected chi connectivity index (χ2v) is 5.95. The Morgan fingerprint density at radius 3 is 2.20 bits per heavy atom. The topological polar surface area (TPSA) is 120 Å². The summed E-state index contributed by atoms with van der Waals surface area (Å²) in [5, 5.41) is 0. The number of rotatable bonds is 12. The van der Waals surface area contributed by atoms with E-state index >= 15 is 0 Å². The van der Waals surface area contributed by atoms with E-state index in [4.69, 9.17) is 0 Å². The number of quaternary nitrogens is 1. The second kappa shape index (κ2) is 13.1. The third-order valence-electron chi connectivity index (χ3n) is 2.64. The Balaban J connectivity index is 0. The fourth-order valence-electron chi connectivity index (χ4n) is 1.59. The van der Waals surface area contributed by atoms with Gasteiger partial charge in [0.15, 0.2) is 0 Å². The van der Waals surface area contributed by atoms with Crippen LogP contribution in [-0.4, -0.2) is 31.3 Å². The van der Waals surface area contributed by atoms with Crippen LogP contribution in [0.4, 0.5) is 0 Å². The molecule has 6 nitrogen and oxygen atoms in total. The molecule has 0 aromatic heterocycles. The maximum absolute atomic E-state index is 11.2. The highest BCUT2D eigenvalue weighted by Gasteiger charge is 2.03. The van der Waals surface area contributed by atoms with E-state index in [0.29, 0.717) is 0 Å². The lowest BCUT2D eigenvalue weighted by molar-refractivity contribution is -0.143. The van der Waals surface area contributed by atoms with Gasteiger partial charge in [-0.25, -0.2) is 8.42 Å². The van der Waals surface area contributed by atoms with Gasteiger partial charge in [-0.2, -0.15) is 0 Å². The van der Waals surface area contributed by atoms with Crippen molar-refractivity contribution >= 4 is 16.1 Å². The lowest BCUT2D eigenvalue weighted by Crippen LogP contribution is -2.14. The summed E-state index contributed by atoms with van der Waals surface area (Å²) >= 11 is 0. The van der Waals surface area contributed by atoms with E-state index in [1.807, 2.05) is 6.08 Å². The highest BCUT2D eigenvalue weighted by atomic mass is 32.2. The molecule has 0 atom stereocenters. The minimum Gasteiger partial charge on any atom is -0.748 e. The van der Waals surface area contributed by atoms with Gasteiger partial charge in [-0.1, -0.05) is 31.8 Å². The fourth-order valence-corrected chi connectivity index (χ4v) is 1.88. The van der Waals surface area contributed by atoms with E-state index < -0.39 is 21.8 Å². The van der Waals surface area contributed by atoms with Gasteiger partial charge in [-0.3, -0.25) is 4.79 Å². The fraction of sp³-hybridized carbons (Fsp3) is 0.769. The summed E-state index contributed by atoms with van der Waals surface area (Å²) in [7, 11) is -4.29. The molecule has 120 valence electrons. The van der Waals surface area contributed by atoms with Gasteiger partial charge in [0.25, 0.3) is 0 Å². The van der Waals surface area contributed by atoms with Crippen molar-refractivity contribution in [2.45, 2.75) is 51.4 Å². The van der Waals surface area contributed by atoms with Crippen LogP contribution >= 0.6 is 0 Å². The minimum atomic E-state index is -4.29. The quantitative estimate of drug-likeness (QED) is 0.257. The van der Waals surface area contributed by atoms with Crippen LogP contribution in [0.5, 0.6) is 0 Å². The first-order valence-corrected chi connectivity index (χ1v) is 8.23. The van der Waals surface area contributed by atoms with Crippen molar-refractivity contribution in [2.75, 3.05) is 12.4 Å². The van der Waals surface area contributed by atoms with Crippen LogP contribution in [0.2, 0.25) is 0 Å². The molecule has 0 unspecified atom stereocenters. The number of hydrogen-bond acceptors (Lipinski definition) is 5. The molecule has 0 aromatic carbocycles. The lowest BCUT2D eigenvalue weighted by Gasteiger charge is -2.07. The molecule has 0 aromatic rings. The third-order valence-corrected chi connectivity index (χ3v) is 3.30. The van der Waals surface area contributed by atoms with E-state index in [9.17, 15) is 17.8 Å². The summed E-state index contributed by atoms with van der Waals surface area (Å²) in [6.07, 6.45) is 9.52. The molecule has 4 N–H and O–H groups in total. The van der Waals surface area contributed by atoms with E-state index in [0.717, 1.165) is 38.5 Å². The maximum atomic E-state index is 11.2. The Morgan fingerprint density at radius 2 is 1.65 bits per heavy atom. The molecule has 0 saturated carbocycles. The number of carbonyl (C=O) groups is 1. The first-order valence-electron chi connectivity index (χ1n) is 6.66. The number of esters is 1. The lowest BCUT2D eigenvalue weighted by atomic mass is 10.1. The van der Waals surface area contributed by atoms with Crippen LogP contribution in [0.3, 0.4) is 0 Å². The molecule has 7 heteroatoms. The Labute approximate surface area is 121 Å². The first-order chi connectivity index (χ1) is 8.95. The Morgan fingerprint density at radius 1 is 1.10 bits per heavy atom. The summed E-state index contributed by atoms with van der Waals surface area (Å²) in [5.74, 6) is -1.09. The van der Waals surface area contributed by atoms with E-state index in [-0.39, 0.29) is 19.2 Å². The van der Waals surface area contributed by atoms with Crippen LogP contribution in [-0.2, 0) is 19.6 Å². The third kappa shape index (κ3) is 17.1. The predicted molar refractivity (Wildman–Crippen MR) is 78.6 cm³/mol. The highest BCUT2D eigenvalue weighted by Crippen LogP contribution is 2.09. The molecule has 0 aliphatic rings. The highest BCUT2D eigenvalue weighted by molar-refractivity contribution is 7.85. The molecule has 0 amide bonds. The first kappa shape index (κ1) is 21.4. The van der Waals surface area contributed by atoms with Crippen LogP contribution < -0.4 is 6.15 Å². The Bertz CT molecular complexity index is 354. The van der Waals surface area contributed by atoms with Crippen molar-refractivity contribution in [3.63, 3.8) is 0 Å². The average Bonchev–Trinajstić information content (AvgIpc) is 2.31. The molecule has 0 rings (SSSR count). The average molecular weight is 309 g/mol. The van der Waals surface area contributed by atoms with Gasteiger partial charge >= 0.3 is 5.97 Å². The van der Waals surface area contributed by atoms with Gasteiger partial charge in [-0.05, 0) is 19.3 Å². The van der Waals surface area contributed by atoms with Gasteiger partial charge in [-0.15, -0.1) is 6.58 Å². The van der Waals surface area contributed by atoms with Crippen molar-refractivity contribution in [3.05, 3.63) is 12.7 Å². The zero-order valence-corrected chi connectivity index (χ0v) is 13.1. The van der Waals surface area contributed by atoms with E-state index in [2.05, 4.69) is 11.3 Å². The number of ether oxygens (including phenoxy) is 1. The zero-order valence-electron chi connectivity index (χ0n) is 12.3. The Kier molecular flexibility index (Phi) is 14.0. The second-order valence-electron chi connectivity index (χ2n) is 4.43. The van der Waals surface area contributed by atoms with Crippen LogP contribution in [0.1, 0.15) is 51.4 Å². The zero-order chi connectivity index (χ0) is 14.6. The predicted octanol–water partition coefficient (Wildman–Crippen LogP) is 2.76. The van der Waals surface area contributed by atoms with Crippen molar-refractivity contribution in [1.29, 1.82) is 0 Å². The minimum absolute atomic E-state index is 0. The maximum Gasteiger partial charge on any atom is 0.305 e. The molecule has 0 saturated heterocycles.